The predicted molar refractivity (Wildman–Crippen MR) is 121 cm³/mol. The number of nitrogens with zero attached hydrogens (tertiary/aromatic N) is 5. The van der Waals surface area contributed by atoms with Crippen molar-refractivity contribution >= 4 is 23.3 Å². The minimum Gasteiger partial charge on any atom is -0.306 e. The van der Waals surface area contributed by atoms with Gasteiger partial charge in [0.25, 0.3) is 5.56 Å². The predicted octanol–water partition coefficient (Wildman–Crippen LogP) is 3.06. The van der Waals surface area contributed by atoms with Crippen LogP contribution in [-0.2, 0) is 13.1 Å². The fourth-order valence-electron chi connectivity index (χ4n) is 3.36. The number of benzene rings is 2. The van der Waals surface area contributed by atoms with Gasteiger partial charge in [-0.15, -0.1) is 17.5 Å². The van der Waals surface area contributed by atoms with Crippen molar-refractivity contribution in [2.45, 2.75) is 25.9 Å². The Labute approximate surface area is 178 Å². The first-order valence-electron chi connectivity index (χ1n) is 9.87. The van der Waals surface area contributed by atoms with Gasteiger partial charge in [-0.25, -0.2) is 4.68 Å². The molecule has 0 fully saturated rings. The third kappa shape index (κ3) is 6.92. The molecule has 0 aliphatic rings. The molecule has 0 radical (unpaired) electrons. The van der Waals surface area contributed by atoms with Crippen molar-refractivity contribution < 1.29 is 0 Å². The standard InChI is InChI=1S/C22H29N5O.ClH/c1-25(14-8-16-26(2)18-19-10-4-3-5-11-19)15-9-17-27-22(28)20-12-6-7-13-21(20)23-24-27;/h3-7,10-13H,8-9,14-18H2,1-2H3;1H. The summed E-state index contributed by atoms with van der Waals surface area (Å²) in [6.45, 7) is 4.61. The average molecular weight is 416 g/mol. The third-order valence-electron chi connectivity index (χ3n) is 4.91. The Bertz CT molecular complexity index is 931. The van der Waals surface area contributed by atoms with Crippen LogP contribution in [0.15, 0.2) is 59.4 Å². The van der Waals surface area contributed by atoms with E-state index >= 15 is 0 Å². The van der Waals surface area contributed by atoms with Crippen molar-refractivity contribution in [2.75, 3.05) is 33.7 Å². The molecular weight excluding hydrogens is 386 g/mol. The molecule has 7 heteroatoms. The zero-order valence-electron chi connectivity index (χ0n) is 17.2. The Morgan fingerprint density at radius 1 is 0.862 bits per heavy atom. The molecule has 0 aliphatic heterocycles. The molecule has 0 amide bonds. The smallest absolute Gasteiger partial charge is 0.277 e. The quantitative estimate of drug-likeness (QED) is 0.509. The van der Waals surface area contributed by atoms with Crippen LogP contribution in [0.5, 0.6) is 0 Å². The fraction of sp³-hybridized carbons (Fsp3) is 0.409. The normalized spacial score (nSPS) is 11.2. The molecule has 3 aromatic rings. The molecule has 0 spiro atoms. The number of rotatable bonds is 10. The van der Waals surface area contributed by atoms with Crippen LogP contribution in [0.4, 0.5) is 0 Å². The minimum atomic E-state index is -0.0595. The fourth-order valence-corrected chi connectivity index (χ4v) is 3.36. The highest BCUT2D eigenvalue weighted by molar-refractivity contribution is 5.85. The van der Waals surface area contributed by atoms with Crippen LogP contribution >= 0.6 is 12.4 Å². The second-order valence-electron chi connectivity index (χ2n) is 7.37. The summed E-state index contributed by atoms with van der Waals surface area (Å²) >= 11 is 0. The van der Waals surface area contributed by atoms with Crippen LogP contribution in [0.1, 0.15) is 18.4 Å². The van der Waals surface area contributed by atoms with Crippen LogP contribution in [0.25, 0.3) is 10.9 Å². The molecular formula is C22H30ClN5O. The second kappa shape index (κ2) is 11.7. The minimum absolute atomic E-state index is 0. The number of halogens is 1. The summed E-state index contributed by atoms with van der Waals surface area (Å²) in [4.78, 5) is 17.1. The van der Waals surface area contributed by atoms with Gasteiger partial charge in [-0.2, -0.15) is 0 Å². The Kier molecular flexibility index (Phi) is 9.25. The lowest BCUT2D eigenvalue weighted by atomic mass is 10.2. The van der Waals surface area contributed by atoms with Crippen molar-refractivity contribution in [1.82, 2.24) is 24.8 Å². The van der Waals surface area contributed by atoms with Gasteiger partial charge in [0.2, 0.25) is 0 Å². The molecule has 156 valence electrons. The van der Waals surface area contributed by atoms with Gasteiger partial charge in [0.15, 0.2) is 0 Å². The number of fused-ring (bicyclic) bond motifs is 1. The SMILES string of the molecule is CN(CCCN(C)Cc1ccccc1)CCCn1nnc2ccccc2c1=O.Cl. The molecule has 0 N–H and O–H groups in total. The summed E-state index contributed by atoms with van der Waals surface area (Å²) in [5.41, 5.74) is 1.94. The summed E-state index contributed by atoms with van der Waals surface area (Å²) in [6, 6.07) is 17.9. The Balaban J connectivity index is 0.00000300. The number of hydrogen-bond acceptors (Lipinski definition) is 5. The van der Waals surface area contributed by atoms with Crippen LogP contribution in [0, 0.1) is 0 Å². The van der Waals surface area contributed by atoms with E-state index in [0.717, 1.165) is 39.0 Å². The summed E-state index contributed by atoms with van der Waals surface area (Å²) < 4.78 is 1.48. The van der Waals surface area contributed by atoms with E-state index in [1.807, 2.05) is 18.2 Å². The summed E-state index contributed by atoms with van der Waals surface area (Å²) in [5, 5.41) is 8.83. The van der Waals surface area contributed by atoms with Gasteiger partial charge in [-0.3, -0.25) is 4.79 Å². The number of aryl methyl sites for hydroxylation is 1. The van der Waals surface area contributed by atoms with E-state index in [-0.39, 0.29) is 18.0 Å². The highest BCUT2D eigenvalue weighted by Crippen LogP contribution is 2.05. The Morgan fingerprint density at radius 2 is 1.52 bits per heavy atom. The molecule has 3 rings (SSSR count). The highest BCUT2D eigenvalue weighted by Gasteiger charge is 2.06. The number of aromatic nitrogens is 3. The summed E-state index contributed by atoms with van der Waals surface area (Å²) in [5.74, 6) is 0. The highest BCUT2D eigenvalue weighted by atomic mass is 35.5. The Morgan fingerprint density at radius 3 is 2.31 bits per heavy atom. The molecule has 6 nitrogen and oxygen atoms in total. The molecule has 1 heterocycles. The first-order valence-corrected chi connectivity index (χ1v) is 9.87. The van der Waals surface area contributed by atoms with Crippen LogP contribution in [0.2, 0.25) is 0 Å². The van der Waals surface area contributed by atoms with Crippen molar-refractivity contribution in [2.24, 2.45) is 0 Å². The van der Waals surface area contributed by atoms with Gasteiger partial charge in [-0.05, 0) is 64.3 Å². The van der Waals surface area contributed by atoms with Gasteiger partial charge in [0.1, 0.15) is 5.52 Å². The van der Waals surface area contributed by atoms with Gasteiger partial charge in [0.05, 0.1) is 5.39 Å². The van der Waals surface area contributed by atoms with Crippen molar-refractivity contribution in [1.29, 1.82) is 0 Å². The van der Waals surface area contributed by atoms with E-state index in [0.29, 0.717) is 17.4 Å². The van der Waals surface area contributed by atoms with Crippen molar-refractivity contribution in [3.63, 3.8) is 0 Å². The van der Waals surface area contributed by atoms with Crippen LogP contribution in [0.3, 0.4) is 0 Å². The molecule has 29 heavy (non-hydrogen) atoms. The first kappa shape index (κ1) is 23.0. The van der Waals surface area contributed by atoms with Crippen molar-refractivity contribution in [3.05, 3.63) is 70.5 Å². The molecule has 0 bridgehead atoms. The van der Waals surface area contributed by atoms with E-state index in [9.17, 15) is 4.79 Å². The van der Waals surface area contributed by atoms with Crippen molar-refractivity contribution in [3.8, 4) is 0 Å². The summed E-state index contributed by atoms with van der Waals surface area (Å²) in [6.07, 6.45) is 2.00. The number of hydrogen-bond donors (Lipinski definition) is 0. The lowest BCUT2D eigenvalue weighted by Gasteiger charge is -2.20. The third-order valence-corrected chi connectivity index (χ3v) is 4.91. The summed E-state index contributed by atoms with van der Waals surface area (Å²) in [7, 11) is 4.30. The van der Waals surface area contributed by atoms with Gasteiger partial charge >= 0.3 is 0 Å². The van der Waals surface area contributed by atoms with Crippen LogP contribution < -0.4 is 5.56 Å². The largest absolute Gasteiger partial charge is 0.306 e. The molecule has 2 aromatic carbocycles. The Hall–Kier alpha value is -2.28. The molecule has 0 atom stereocenters. The van der Waals surface area contributed by atoms with E-state index in [2.05, 4.69) is 64.5 Å². The van der Waals surface area contributed by atoms with E-state index in [1.165, 1.54) is 10.2 Å². The molecule has 0 saturated carbocycles. The van der Waals surface area contributed by atoms with E-state index in [4.69, 9.17) is 0 Å². The monoisotopic (exact) mass is 415 g/mol. The van der Waals surface area contributed by atoms with Gasteiger partial charge in [0, 0.05) is 13.1 Å². The first-order chi connectivity index (χ1) is 13.6. The van der Waals surface area contributed by atoms with E-state index in [1.54, 1.807) is 6.07 Å². The molecule has 0 aliphatic carbocycles. The average Bonchev–Trinajstić information content (AvgIpc) is 2.71. The molecule has 0 unspecified atom stereocenters. The molecule has 1 aromatic heterocycles. The maximum absolute atomic E-state index is 12.4. The van der Waals surface area contributed by atoms with Crippen LogP contribution in [-0.4, -0.2) is 58.5 Å². The lowest BCUT2D eigenvalue weighted by Crippen LogP contribution is -2.29. The van der Waals surface area contributed by atoms with Gasteiger partial charge in [-0.1, -0.05) is 47.7 Å². The maximum Gasteiger partial charge on any atom is 0.277 e. The van der Waals surface area contributed by atoms with E-state index < -0.39 is 0 Å². The topological polar surface area (TPSA) is 54.3 Å². The lowest BCUT2D eigenvalue weighted by molar-refractivity contribution is 0.268. The molecule has 0 saturated heterocycles. The van der Waals surface area contributed by atoms with Gasteiger partial charge < -0.3 is 9.80 Å². The second-order valence-corrected chi connectivity index (χ2v) is 7.37. The zero-order chi connectivity index (χ0) is 19.8. The zero-order valence-corrected chi connectivity index (χ0v) is 18.0. The maximum atomic E-state index is 12.4.